The van der Waals surface area contributed by atoms with Crippen LogP contribution < -0.4 is 10.1 Å². The standard InChI is InChI=1S/C14H12N4O2S/c1-2-20-9-4-5-10-11(8-9)21-14(17-10)18-13(19)12-15-6-3-7-16-12/h3-8H,2H2,1H3,(H,17,18,19). The summed E-state index contributed by atoms with van der Waals surface area (Å²) in [6.45, 7) is 2.54. The second-order valence-corrected chi connectivity index (χ2v) is 5.14. The van der Waals surface area contributed by atoms with Gasteiger partial charge in [0.25, 0.3) is 5.91 Å². The Morgan fingerprint density at radius 3 is 2.90 bits per heavy atom. The molecule has 0 fully saturated rings. The number of nitrogens with zero attached hydrogens (tertiary/aromatic N) is 3. The van der Waals surface area contributed by atoms with Crippen LogP contribution in [0.25, 0.3) is 10.2 Å². The quantitative estimate of drug-likeness (QED) is 0.801. The summed E-state index contributed by atoms with van der Waals surface area (Å²) in [5, 5.41) is 3.21. The van der Waals surface area contributed by atoms with Crippen LogP contribution in [0.2, 0.25) is 0 Å². The average molecular weight is 300 g/mol. The molecular formula is C14H12N4O2S. The van der Waals surface area contributed by atoms with E-state index in [9.17, 15) is 4.79 Å². The first kappa shape index (κ1) is 13.4. The SMILES string of the molecule is CCOc1ccc2nc(NC(=O)c3ncccn3)sc2c1. The Hall–Kier alpha value is -2.54. The van der Waals surface area contributed by atoms with E-state index in [0.29, 0.717) is 11.7 Å². The maximum atomic E-state index is 12.0. The number of benzene rings is 1. The molecule has 0 saturated heterocycles. The van der Waals surface area contributed by atoms with Gasteiger partial charge in [0.1, 0.15) is 5.75 Å². The minimum atomic E-state index is -0.375. The van der Waals surface area contributed by atoms with Gasteiger partial charge in [0.05, 0.1) is 16.8 Å². The molecule has 0 spiro atoms. The Kier molecular flexibility index (Phi) is 3.74. The van der Waals surface area contributed by atoms with Gasteiger partial charge < -0.3 is 4.74 Å². The van der Waals surface area contributed by atoms with Crippen molar-refractivity contribution in [1.29, 1.82) is 0 Å². The fourth-order valence-electron chi connectivity index (χ4n) is 1.78. The average Bonchev–Trinajstić information content (AvgIpc) is 2.90. The number of thiazole rings is 1. The third-order valence-corrected chi connectivity index (χ3v) is 3.59. The normalized spacial score (nSPS) is 10.5. The van der Waals surface area contributed by atoms with Crippen LogP contribution in [0.5, 0.6) is 5.75 Å². The van der Waals surface area contributed by atoms with E-state index >= 15 is 0 Å². The number of hydrogen-bond donors (Lipinski definition) is 1. The monoisotopic (exact) mass is 300 g/mol. The lowest BCUT2D eigenvalue weighted by Crippen LogP contribution is -2.14. The number of rotatable bonds is 4. The summed E-state index contributed by atoms with van der Waals surface area (Å²) in [7, 11) is 0. The van der Waals surface area contributed by atoms with Crippen LogP contribution in [0.1, 0.15) is 17.5 Å². The van der Waals surface area contributed by atoms with Crippen LogP contribution >= 0.6 is 11.3 Å². The fraction of sp³-hybridized carbons (Fsp3) is 0.143. The third kappa shape index (κ3) is 2.97. The Morgan fingerprint density at radius 1 is 1.33 bits per heavy atom. The van der Waals surface area contributed by atoms with Gasteiger partial charge in [-0.05, 0) is 31.2 Å². The number of carbonyl (C=O) groups excluding carboxylic acids is 1. The molecule has 3 rings (SSSR count). The number of amides is 1. The molecule has 1 amide bonds. The highest BCUT2D eigenvalue weighted by atomic mass is 32.1. The molecule has 0 aliphatic heterocycles. The zero-order valence-electron chi connectivity index (χ0n) is 11.2. The van der Waals surface area contributed by atoms with Crippen LogP contribution in [0, 0.1) is 0 Å². The van der Waals surface area contributed by atoms with Crippen LogP contribution in [0.15, 0.2) is 36.7 Å². The van der Waals surface area contributed by atoms with E-state index in [0.717, 1.165) is 16.0 Å². The largest absolute Gasteiger partial charge is 0.494 e. The fourth-order valence-corrected chi connectivity index (χ4v) is 2.67. The molecule has 106 valence electrons. The lowest BCUT2D eigenvalue weighted by Gasteiger charge is -2.00. The first-order valence-corrected chi connectivity index (χ1v) is 7.19. The first-order valence-electron chi connectivity index (χ1n) is 6.38. The van der Waals surface area contributed by atoms with Crippen LogP contribution in [0.3, 0.4) is 0 Å². The second-order valence-electron chi connectivity index (χ2n) is 4.11. The summed E-state index contributed by atoms with van der Waals surface area (Å²) < 4.78 is 6.39. The van der Waals surface area contributed by atoms with Gasteiger partial charge >= 0.3 is 0 Å². The molecule has 3 aromatic rings. The van der Waals surface area contributed by atoms with Crippen molar-refractivity contribution in [2.75, 3.05) is 11.9 Å². The van der Waals surface area contributed by atoms with Gasteiger partial charge in [0.15, 0.2) is 5.13 Å². The summed E-state index contributed by atoms with van der Waals surface area (Å²) >= 11 is 1.38. The zero-order chi connectivity index (χ0) is 14.7. The summed E-state index contributed by atoms with van der Waals surface area (Å²) in [5.74, 6) is 0.532. The van der Waals surface area contributed by atoms with Crippen molar-refractivity contribution >= 4 is 32.6 Å². The van der Waals surface area contributed by atoms with Gasteiger partial charge in [0, 0.05) is 12.4 Å². The van der Waals surface area contributed by atoms with Gasteiger partial charge in [0.2, 0.25) is 5.82 Å². The highest BCUT2D eigenvalue weighted by molar-refractivity contribution is 7.22. The predicted octanol–water partition coefficient (Wildman–Crippen LogP) is 2.74. The van der Waals surface area contributed by atoms with E-state index in [1.54, 1.807) is 6.07 Å². The van der Waals surface area contributed by atoms with E-state index < -0.39 is 0 Å². The molecule has 0 bridgehead atoms. The topological polar surface area (TPSA) is 77.0 Å². The van der Waals surface area contributed by atoms with Gasteiger partial charge in [-0.25, -0.2) is 15.0 Å². The van der Waals surface area contributed by atoms with E-state index in [1.807, 2.05) is 25.1 Å². The first-order chi connectivity index (χ1) is 10.3. The van der Waals surface area contributed by atoms with E-state index in [2.05, 4.69) is 20.3 Å². The van der Waals surface area contributed by atoms with Crippen molar-refractivity contribution in [2.45, 2.75) is 6.92 Å². The van der Waals surface area contributed by atoms with Crippen molar-refractivity contribution < 1.29 is 9.53 Å². The molecule has 0 atom stereocenters. The van der Waals surface area contributed by atoms with Crippen molar-refractivity contribution in [3.8, 4) is 5.75 Å². The highest BCUT2D eigenvalue weighted by Gasteiger charge is 2.12. The molecule has 6 nitrogen and oxygen atoms in total. The minimum Gasteiger partial charge on any atom is -0.494 e. The molecule has 0 aliphatic rings. The van der Waals surface area contributed by atoms with Gasteiger partial charge in [-0.3, -0.25) is 10.1 Å². The van der Waals surface area contributed by atoms with Crippen LogP contribution in [0.4, 0.5) is 5.13 Å². The van der Waals surface area contributed by atoms with Crippen molar-refractivity contribution in [2.24, 2.45) is 0 Å². The summed E-state index contributed by atoms with van der Waals surface area (Å²) in [5.41, 5.74) is 0.813. The van der Waals surface area contributed by atoms with Gasteiger partial charge in [-0.1, -0.05) is 11.3 Å². The lowest BCUT2D eigenvalue weighted by molar-refractivity contribution is 0.101. The molecule has 1 N–H and O–H groups in total. The Bertz CT molecular complexity index is 773. The number of fused-ring (bicyclic) bond motifs is 1. The number of ether oxygens (including phenoxy) is 1. The smallest absolute Gasteiger partial charge is 0.295 e. The Balaban J connectivity index is 1.83. The number of hydrogen-bond acceptors (Lipinski definition) is 6. The molecular weight excluding hydrogens is 288 g/mol. The molecule has 1 aromatic carbocycles. The minimum absolute atomic E-state index is 0.117. The van der Waals surface area contributed by atoms with E-state index in [-0.39, 0.29) is 11.7 Å². The molecule has 0 radical (unpaired) electrons. The summed E-state index contributed by atoms with van der Waals surface area (Å²) in [6.07, 6.45) is 3.04. The Labute approximate surface area is 124 Å². The number of nitrogens with one attached hydrogen (secondary N) is 1. The van der Waals surface area contributed by atoms with Crippen molar-refractivity contribution in [3.63, 3.8) is 0 Å². The summed E-state index contributed by atoms with van der Waals surface area (Å²) in [4.78, 5) is 24.1. The summed E-state index contributed by atoms with van der Waals surface area (Å²) in [6, 6.07) is 7.29. The van der Waals surface area contributed by atoms with Crippen LogP contribution in [-0.4, -0.2) is 27.5 Å². The second kappa shape index (κ2) is 5.84. The van der Waals surface area contributed by atoms with Crippen molar-refractivity contribution in [1.82, 2.24) is 15.0 Å². The van der Waals surface area contributed by atoms with Gasteiger partial charge in [-0.2, -0.15) is 0 Å². The molecule has 0 saturated carbocycles. The third-order valence-electron chi connectivity index (χ3n) is 2.66. The Morgan fingerprint density at radius 2 is 2.14 bits per heavy atom. The molecule has 2 aromatic heterocycles. The predicted molar refractivity (Wildman–Crippen MR) is 80.8 cm³/mol. The maximum Gasteiger partial charge on any atom is 0.295 e. The molecule has 21 heavy (non-hydrogen) atoms. The van der Waals surface area contributed by atoms with E-state index in [4.69, 9.17) is 4.74 Å². The highest BCUT2D eigenvalue weighted by Crippen LogP contribution is 2.29. The van der Waals surface area contributed by atoms with E-state index in [1.165, 1.54) is 23.7 Å². The molecule has 0 unspecified atom stereocenters. The molecule has 2 heterocycles. The van der Waals surface area contributed by atoms with Crippen molar-refractivity contribution in [3.05, 3.63) is 42.5 Å². The number of carbonyl (C=O) groups is 1. The molecule has 7 heteroatoms. The zero-order valence-corrected chi connectivity index (χ0v) is 12.1. The number of aromatic nitrogens is 3. The van der Waals surface area contributed by atoms with Gasteiger partial charge in [-0.15, -0.1) is 0 Å². The van der Waals surface area contributed by atoms with Crippen LogP contribution in [-0.2, 0) is 0 Å². The maximum absolute atomic E-state index is 12.0. The lowest BCUT2D eigenvalue weighted by atomic mass is 10.3. The molecule has 0 aliphatic carbocycles. The number of anilines is 1.